The molecule has 0 aliphatic rings. The fraction of sp³-hybridized carbons (Fsp3) is 0.312. The maximum atomic E-state index is 11.0. The van der Waals surface area contributed by atoms with Gasteiger partial charge in [0.25, 0.3) is 0 Å². The van der Waals surface area contributed by atoms with E-state index in [4.69, 9.17) is 19.7 Å². The minimum absolute atomic E-state index is 0.156. The predicted octanol–water partition coefficient (Wildman–Crippen LogP) is 3.58. The van der Waals surface area contributed by atoms with Crippen molar-refractivity contribution in [1.82, 2.24) is 0 Å². The molecule has 0 aliphatic carbocycles. The van der Waals surface area contributed by atoms with Crippen molar-refractivity contribution in [1.29, 1.82) is 0 Å². The molecule has 3 N–H and O–H groups in total. The van der Waals surface area contributed by atoms with Crippen molar-refractivity contribution < 1.29 is 18.7 Å². The van der Waals surface area contributed by atoms with Crippen LogP contribution in [0.1, 0.15) is 35.1 Å². The standard InChI is InChI=1S/C16H17NO4/c1-7-4-10-9(3)15-11(5-8(2)20-15)14(16(10)21-7)12(17)6-13(18)19/h4-5,12H,6,17H2,1-3H3,(H,18,19). The van der Waals surface area contributed by atoms with Crippen LogP contribution in [0.2, 0.25) is 0 Å². The van der Waals surface area contributed by atoms with Gasteiger partial charge in [0.1, 0.15) is 22.7 Å². The number of rotatable bonds is 3. The highest BCUT2D eigenvalue weighted by Gasteiger charge is 2.23. The number of hydrogen-bond donors (Lipinski definition) is 2. The first-order valence-electron chi connectivity index (χ1n) is 6.78. The molecule has 0 fully saturated rings. The van der Waals surface area contributed by atoms with Crippen molar-refractivity contribution in [3.05, 3.63) is 34.8 Å². The van der Waals surface area contributed by atoms with Gasteiger partial charge in [0.05, 0.1) is 6.42 Å². The second-order valence-corrected chi connectivity index (χ2v) is 5.44. The number of aryl methyl sites for hydroxylation is 3. The van der Waals surface area contributed by atoms with Gasteiger partial charge in [0.2, 0.25) is 0 Å². The zero-order valence-electron chi connectivity index (χ0n) is 12.2. The molecule has 1 aromatic carbocycles. The second kappa shape index (κ2) is 4.63. The van der Waals surface area contributed by atoms with Gasteiger partial charge in [0, 0.05) is 27.9 Å². The van der Waals surface area contributed by atoms with E-state index in [-0.39, 0.29) is 6.42 Å². The lowest BCUT2D eigenvalue weighted by atomic mass is 9.95. The van der Waals surface area contributed by atoms with E-state index in [1.165, 1.54) is 0 Å². The normalized spacial score (nSPS) is 13.1. The molecule has 0 saturated heterocycles. The molecular formula is C16H17NO4. The average molecular weight is 287 g/mol. The Morgan fingerprint density at radius 1 is 1.14 bits per heavy atom. The number of furan rings is 2. The summed E-state index contributed by atoms with van der Waals surface area (Å²) in [5.41, 5.74) is 9.21. The first-order valence-corrected chi connectivity index (χ1v) is 6.78. The zero-order valence-corrected chi connectivity index (χ0v) is 12.2. The Bertz CT molecular complexity index is 799. The molecule has 5 heteroatoms. The molecule has 0 bridgehead atoms. The van der Waals surface area contributed by atoms with Crippen molar-refractivity contribution in [2.75, 3.05) is 0 Å². The van der Waals surface area contributed by atoms with E-state index >= 15 is 0 Å². The molecule has 2 heterocycles. The summed E-state index contributed by atoms with van der Waals surface area (Å²) in [4.78, 5) is 11.0. The summed E-state index contributed by atoms with van der Waals surface area (Å²) in [6.07, 6.45) is -0.156. The third kappa shape index (κ3) is 2.10. The minimum Gasteiger partial charge on any atom is -0.481 e. The van der Waals surface area contributed by atoms with Gasteiger partial charge in [-0.1, -0.05) is 0 Å². The van der Waals surface area contributed by atoms with Crippen molar-refractivity contribution in [3.8, 4) is 0 Å². The lowest BCUT2D eigenvalue weighted by molar-refractivity contribution is -0.137. The molecule has 3 aromatic rings. The summed E-state index contributed by atoms with van der Waals surface area (Å²) in [5.74, 6) is 0.593. The Morgan fingerprint density at radius 2 is 1.71 bits per heavy atom. The van der Waals surface area contributed by atoms with Gasteiger partial charge in [-0.15, -0.1) is 0 Å². The zero-order chi connectivity index (χ0) is 15.3. The Morgan fingerprint density at radius 3 is 2.33 bits per heavy atom. The predicted molar refractivity (Wildman–Crippen MR) is 79.4 cm³/mol. The molecule has 5 nitrogen and oxygen atoms in total. The van der Waals surface area contributed by atoms with Crippen LogP contribution in [0.3, 0.4) is 0 Å². The fourth-order valence-corrected chi connectivity index (χ4v) is 2.89. The van der Waals surface area contributed by atoms with Crippen molar-refractivity contribution in [3.63, 3.8) is 0 Å². The molecule has 0 aliphatic heterocycles. The highest BCUT2D eigenvalue weighted by atomic mass is 16.4. The van der Waals surface area contributed by atoms with E-state index in [2.05, 4.69) is 0 Å². The molecular weight excluding hydrogens is 270 g/mol. The number of aliphatic carboxylic acids is 1. The maximum Gasteiger partial charge on any atom is 0.305 e. The quantitative estimate of drug-likeness (QED) is 0.768. The van der Waals surface area contributed by atoms with Gasteiger partial charge in [0.15, 0.2) is 0 Å². The molecule has 0 radical (unpaired) electrons. The summed E-state index contributed by atoms with van der Waals surface area (Å²) >= 11 is 0. The molecule has 110 valence electrons. The molecule has 1 unspecified atom stereocenters. The lowest BCUT2D eigenvalue weighted by Crippen LogP contribution is -2.15. The summed E-state index contributed by atoms with van der Waals surface area (Å²) in [5, 5.41) is 10.8. The minimum atomic E-state index is -0.937. The van der Waals surface area contributed by atoms with Gasteiger partial charge in [-0.25, -0.2) is 0 Å². The van der Waals surface area contributed by atoms with Gasteiger partial charge in [-0.3, -0.25) is 4.79 Å². The number of carboxylic acid groups (broad SMARTS) is 1. The van der Waals surface area contributed by atoms with Crippen LogP contribution in [0.15, 0.2) is 21.0 Å². The molecule has 21 heavy (non-hydrogen) atoms. The van der Waals surface area contributed by atoms with E-state index in [1.807, 2.05) is 32.9 Å². The van der Waals surface area contributed by atoms with E-state index in [0.29, 0.717) is 11.1 Å². The van der Waals surface area contributed by atoms with Gasteiger partial charge in [-0.05, 0) is 32.9 Å². The van der Waals surface area contributed by atoms with Crippen LogP contribution in [0, 0.1) is 20.8 Å². The topological polar surface area (TPSA) is 89.6 Å². The lowest BCUT2D eigenvalue weighted by Gasteiger charge is -2.12. The molecule has 3 rings (SSSR count). The Hall–Kier alpha value is -2.27. The van der Waals surface area contributed by atoms with Crippen LogP contribution in [0.25, 0.3) is 21.9 Å². The van der Waals surface area contributed by atoms with Crippen molar-refractivity contribution >= 4 is 27.9 Å². The fourth-order valence-electron chi connectivity index (χ4n) is 2.89. The third-order valence-electron chi connectivity index (χ3n) is 3.76. The van der Waals surface area contributed by atoms with Crippen LogP contribution in [-0.4, -0.2) is 11.1 Å². The number of fused-ring (bicyclic) bond motifs is 2. The van der Waals surface area contributed by atoms with Crippen molar-refractivity contribution in [2.45, 2.75) is 33.2 Å². The first-order chi connectivity index (χ1) is 9.88. The molecule has 0 amide bonds. The summed E-state index contributed by atoms with van der Waals surface area (Å²) in [6, 6.07) is 3.17. The molecule has 1 atom stereocenters. The summed E-state index contributed by atoms with van der Waals surface area (Å²) in [6.45, 7) is 5.69. The monoisotopic (exact) mass is 287 g/mol. The highest BCUT2D eigenvalue weighted by molar-refractivity contribution is 6.02. The second-order valence-electron chi connectivity index (χ2n) is 5.44. The number of carboxylic acids is 1. The van der Waals surface area contributed by atoms with Gasteiger partial charge in [-0.2, -0.15) is 0 Å². The average Bonchev–Trinajstić information content (AvgIpc) is 2.92. The van der Waals surface area contributed by atoms with E-state index in [1.54, 1.807) is 0 Å². The summed E-state index contributed by atoms with van der Waals surface area (Å²) in [7, 11) is 0. The largest absolute Gasteiger partial charge is 0.481 e. The number of carbonyl (C=O) groups is 1. The number of nitrogens with two attached hydrogens (primary N) is 1. The van der Waals surface area contributed by atoms with Crippen LogP contribution < -0.4 is 5.73 Å². The van der Waals surface area contributed by atoms with Crippen LogP contribution in [0.5, 0.6) is 0 Å². The van der Waals surface area contributed by atoms with E-state index < -0.39 is 12.0 Å². The highest BCUT2D eigenvalue weighted by Crippen LogP contribution is 2.39. The Kier molecular flexibility index (Phi) is 3.02. The van der Waals surface area contributed by atoms with Crippen LogP contribution in [0.4, 0.5) is 0 Å². The van der Waals surface area contributed by atoms with Gasteiger partial charge < -0.3 is 19.7 Å². The van der Waals surface area contributed by atoms with Crippen molar-refractivity contribution in [2.24, 2.45) is 5.73 Å². The Labute approximate surface area is 121 Å². The molecule has 0 saturated carbocycles. The van der Waals surface area contributed by atoms with E-state index in [9.17, 15) is 4.79 Å². The first kappa shape index (κ1) is 13.7. The maximum absolute atomic E-state index is 11.0. The molecule has 0 spiro atoms. The van der Waals surface area contributed by atoms with Gasteiger partial charge >= 0.3 is 5.97 Å². The number of hydrogen-bond acceptors (Lipinski definition) is 4. The number of benzene rings is 1. The summed E-state index contributed by atoms with van der Waals surface area (Å²) < 4.78 is 11.6. The SMILES string of the molecule is Cc1cc2c(C(N)CC(=O)O)c3oc(C)cc3c(C)c2o1. The molecule has 2 aromatic heterocycles. The van der Waals surface area contributed by atoms with Crippen LogP contribution in [-0.2, 0) is 4.79 Å². The van der Waals surface area contributed by atoms with Crippen LogP contribution >= 0.6 is 0 Å². The smallest absolute Gasteiger partial charge is 0.305 e. The Balaban J connectivity index is 2.41. The van der Waals surface area contributed by atoms with E-state index in [0.717, 1.165) is 33.4 Å². The third-order valence-corrected chi connectivity index (χ3v) is 3.76.